The number of alkyl halides is 3. The van der Waals surface area contributed by atoms with Crippen LogP contribution in [0.2, 0.25) is 5.02 Å². The quantitative estimate of drug-likeness (QED) is 0.420. The standard InChI is InChI=1S/C16H17ClF3NO5S/c1-2-25-14(22)15(21-12-5-3-4-11(17)10-12)8-6-13(7-9-15)26-27(23,24)16(18,19)20/h3-6,10,21H,2,7-9H2,1H3. The highest BCUT2D eigenvalue weighted by molar-refractivity contribution is 7.87. The molecule has 1 N–H and O–H groups in total. The van der Waals surface area contributed by atoms with Crippen LogP contribution in [0.15, 0.2) is 36.1 Å². The van der Waals surface area contributed by atoms with E-state index in [9.17, 15) is 26.4 Å². The Morgan fingerprint density at radius 2 is 2.07 bits per heavy atom. The fraction of sp³-hybridized carbons (Fsp3) is 0.438. The molecule has 0 aromatic heterocycles. The van der Waals surface area contributed by atoms with E-state index in [0.29, 0.717) is 10.7 Å². The minimum atomic E-state index is -5.75. The molecule has 0 bridgehead atoms. The second kappa shape index (κ2) is 7.97. The van der Waals surface area contributed by atoms with Crippen LogP contribution >= 0.6 is 11.6 Å². The van der Waals surface area contributed by atoms with E-state index >= 15 is 0 Å². The van der Waals surface area contributed by atoms with Crippen LogP contribution in [0.4, 0.5) is 18.9 Å². The number of benzene rings is 1. The molecule has 2 rings (SSSR count). The Balaban J connectivity index is 2.25. The third kappa shape index (κ3) is 5.07. The Kier molecular flexibility index (Phi) is 6.31. The van der Waals surface area contributed by atoms with Gasteiger partial charge in [0.2, 0.25) is 0 Å². The van der Waals surface area contributed by atoms with E-state index in [-0.39, 0.29) is 31.6 Å². The third-order valence-corrected chi connectivity index (χ3v) is 5.09. The molecule has 11 heteroatoms. The fourth-order valence-electron chi connectivity index (χ4n) is 2.55. The van der Waals surface area contributed by atoms with Gasteiger partial charge in [-0.15, -0.1) is 0 Å². The average molecular weight is 428 g/mol. The highest BCUT2D eigenvalue weighted by Crippen LogP contribution is 2.36. The molecule has 0 saturated heterocycles. The third-order valence-electron chi connectivity index (χ3n) is 3.85. The van der Waals surface area contributed by atoms with E-state index < -0.39 is 27.1 Å². The van der Waals surface area contributed by atoms with E-state index in [4.69, 9.17) is 16.3 Å². The topological polar surface area (TPSA) is 81.7 Å². The van der Waals surface area contributed by atoms with Gasteiger partial charge < -0.3 is 14.2 Å². The number of esters is 1. The van der Waals surface area contributed by atoms with Crippen LogP contribution < -0.4 is 5.32 Å². The van der Waals surface area contributed by atoms with Gasteiger partial charge in [-0.1, -0.05) is 17.7 Å². The number of halogens is 4. The summed E-state index contributed by atoms with van der Waals surface area (Å²) in [6.45, 7) is 1.72. The molecule has 0 saturated carbocycles. The Morgan fingerprint density at radius 3 is 2.59 bits per heavy atom. The van der Waals surface area contributed by atoms with Crippen molar-refractivity contribution in [2.24, 2.45) is 0 Å². The molecule has 0 spiro atoms. The molecule has 27 heavy (non-hydrogen) atoms. The first-order valence-electron chi connectivity index (χ1n) is 7.90. The first-order valence-corrected chi connectivity index (χ1v) is 9.68. The number of anilines is 1. The number of allylic oxidation sites excluding steroid dienone is 1. The van der Waals surface area contributed by atoms with E-state index in [0.717, 1.165) is 6.08 Å². The van der Waals surface area contributed by atoms with Crippen LogP contribution in [-0.4, -0.2) is 32.0 Å². The van der Waals surface area contributed by atoms with Gasteiger partial charge in [-0.05, 0) is 37.6 Å². The van der Waals surface area contributed by atoms with E-state index in [1.54, 1.807) is 31.2 Å². The number of carbonyl (C=O) groups is 1. The molecule has 0 fully saturated rings. The van der Waals surface area contributed by atoms with Crippen LogP contribution in [0.1, 0.15) is 26.2 Å². The van der Waals surface area contributed by atoms with Gasteiger partial charge in [-0.25, -0.2) is 4.79 Å². The lowest BCUT2D eigenvalue weighted by atomic mass is 9.84. The monoisotopic (exact) mass is 427 g/mol. The average Bonchev–Trinajstić information content (AvgIpc) is 2.56. The van der Waals surface area contributed by atoms with Gasteiger partial charge in [0.25, 0.3) is 0 Å². The van der Waals surface area contributed by atoms with Crippen molar-refractivity contribution in [1.29, 1.82) is 0 Å². The van der Waals surface area contributed by atoms with E-state index in [1.807, 2.05) is 0 Å². The molecule has 1 aromatic carbocycles. The zero-order chi connectivity index (χ0) is 20.3. The molecule has 1 unspecified atom stereocenters. The van der Waals surface area contributed by atoms with Gasteiger partial charge >= 0.3 is 21.6 Å². The molecule has 0 aliphatic heterocycles. The normalized spacial score (nSPS) is 20.6. The first-order chi connectivity index (χ1) is 12.5. The van der Waals surface area contributed by atoms with Crippen molar-refractivity contribution in [1.82, 2.24) is 0 Å². The maximum absolute atomic E-state index is 12.5. The predicted molar refractivity (Wildman–Crippen MR) is 92.4 cm³/mol. The summed E-state index contributed by atoms with van der Waals surface area (Å²) < 4.78 is 68.9. The Morgan fingerprint density at radius 1 is 1.37 bits per heavy atom. The molecule has 0 amide bonds. The van der Waals surface area contributed by atoms with Crippen molar-refractivity contribution in [3.8, 4) is 0 Å². The summed E-state index contributed by atoms with van der Waals surface area (Å²) in [6.07, 6.45) is 0.779. The minimum absolute atomic E-state index is 0.0302. The largest absolute Gasteiger partial charge is 0.534 e. The lowest BCUT2D eigenvalue weighted by Crippen LogP contribution is -2.48. The van der Waals surface area contributed by atoms with Crippen molar-refractivity contribution >= 4 is 33.4 Å². The fourth-order valence-corrected chi connectivity index (χ4v) is 3.27. The summed E-state index contributed by atoms with van der Waals surface area (Å²) in [5.41, 5.74) is -6.30. The van der Waals surface area contributed by atoms with E-state index in [2.05, 4.69) is 9.50 Å². The summed E-state index contributed by atoms with van der Waals surface area (Å²) in [4.78, 5) is 12.5. The van der Waals surface area contributed by atoms with E-state index in [1.165, 1.54) is 0 Å². The van der Waals surface area contributed by atoms with Crippen LogP contribution in [0.3, 0.4) is 0 Å². The molecule has 0 radical (unpaired) electrons. The Labute approximate surface area is 159 Å². The number of rotatable bonds is 6. The lowest BCUT2D eigenvalue weighted by Gasteiger charge is -2.35. The highest BCUT2D eigenvalue weighted by atomic mass is 35.5. The predicted octanol–water partition coefficient (Wildman–Crippen LogP) is 3.99. The molecular weight excluding hydrogens is 411 g/mol. The molecule has 1 aliphatic carbocycles. The summed E-state index contributed by atoms with van der Waals surface area (Å²) in [5, 5.41) is 3.42. The van der Waals surface area contributed by atoms with Crippen molar-refractivity contribution in [2.75, 3.05) is 11.9 Å². The lowest BCUT2D eigenvalue weighted by molar-refractivity contribution is -0.149. The molecular formula is C16H17ClF3NO5S. The zero-order valence-electron chi connectivity index (χ0n) is 14.2. The second-order valence-corrected chi connectivity index (χ2v) is 7.77. The van der Waals surface area contributed by atoms with Gasteiger partial charge in [0.15, 0.2) is 0 Å². The van der Waals surface area contributed by atoms with Crippen LogP contribution in [0.5, 0.6) is 0 Å². The van der Waals surface area contributed by atoms with Crippen molar-refractivity contribution in [3.63, 3.8) is 0 Å². The molecule has 1 aromatic rings. The number of hydrogen-bond acceptors (Lipinski definition) is 6. The zero-order valence-corrected chi connectivity index (χ0v) is 15.7. The number of carbonyl (C=O) groups excluding carboxylic acids is 1. The van der Waals surface area contributed by atoms with Crippen molar-refractivity contribution in [3.05, 3.63) is 41.1 Å². The van der Waals surface area contributed by atoms with Crippen LogP contribution in [-0.2, 0) is 23.8 Å². The van der Waals surface area contributed by atoms with Gasteiger partial charge in [0.1, 0.15) is 11.3 Å². The molecule has 150 valence electrons. The maximum atomic E-state index is 12.5. The molecule has 1 aliphatic rings. The Bertz CT molecular complexity index is 841. The van der Waals surface area contributed by atoms with Crippen LogP contribution in [0.25, 0.3) is 0 Å². The molecule has 0 heterocycles. The highest BCUT2D eigenvalue weighted by Gasteiger charge is 2.50. The maximum Gasteiger partial charge on any atom is 0.534 e. The van der Waals surface area contributed by atoms with Gasteiger partial charge in [0, 0.05) is 23.6 Å². The summed E-state index contributed by atoms with van der Waals surface area (Å²) in [5.74, 6) is -0.987. The SMILES string of the molecule is CCOC(=O)C1(Nc2cccc(Cl)c2)CC=C(OS(=O)(=O)C(F)(F)F)CC1. The number of hydrogen-bond donors (Lipinski definition) is 1. The number of ether oxygens (including phenoxy) is 1. The molecule has 6 nitrogen and oxygen atoms in total. The summed E-state index contributed by atoms with van der Waals surface area (Å²) in [7, 11) is -5.75. The Hall–Kier alpha value is -1.94. The second-order valence-electron chi connectivity index (χ2n) is 5.80. The summed E-state index contributed by atoms with van der Waals surface area (Å²) in [6, 6.07) is 6.54. The molecule has 1 atom stereocenters. The summed E-state index contributed by atoms with van der Waals surface area (Å²) >= 11 is 5.93. The van der Waals surface area contributed by atoms with Crippen LogP contribution in [0, 0.1) is 0 Å². The first kappa shape index (κ1) is 21.4. The van der Waals surface area contributed by atoms with Crippen molar-refractivity contribution in [2.45, 2.75) is 37.2 Å². The van der Waals surface area contributed by atoms with Gasteiger partial charge in [-0.3, -0.25) is 0 Å². The number of nitrogens with one attached hydrogen (secondary N) is 1. The van der Waals surface area contributed by atoms with Gasteiger partial charge in [-0.2, -0.15) is 21.6 Å². The smallest absolute Gasteiger partial charge is 0.464 e. The minimum Gasteiger partial charge on any atom is -0.464 e. The van der Waals surface area contributed by atoms with Crippen molar-refractivity contribution < 1.29 is 35.3 Å². The van der Waals surface area contributed by atoms with Gasteiger partial charge in [0.05, 0.1) is 6.61 Å².